The maximum absolute atomic E-state index is 4.12. The zero-order valence-electron chi connectivity index (χ0n) is 15.6. The van der Waals surface area contributed by atoms with Crippen molar-refractivity contribution in [2.45, 2.75) is 84.2 Å². The van der Waals surface area contributed by atoms with E-state index in [1.807, 2.05) is 0 Å². The van der Waals surface area contributed by atoms with Crippen LogP contribution in [0.5, 0.6) is 0 Å². The zero-order valence-corrected chi connectivity index (χ0v) is 17.6. The second kappa shape index (κ2) is 6.83. The fourth-order valence-electron chi connectivity index (χ4n) is 2.23. The van der Waals surface area contributed by atoms with Crippen LogP contribution in [0.4, 0.5) is 0 Å². The number of hydrogen-bond acceptors (Lipinski definition) is 1. The van der Waals surface area contributed by atoms with Gasteiger partial charge in [0.2, 0.25) is 0 Å². The van der Waals surface area contributed by atoms with Crippen molar-refractivity contribution < 1.29 is 18.9 Å². The van der Waals surface area contributed by atoms with Gasteiger partial charge in [-0.25, -0.2) is 0 Å². The van der Waals surface area contributed by atoms with E-state index in [-0.39, 0.29) is 18.9 Å². The number of hydrogen-bond donors (Lipinski definition) is 0. The minimum absolute atomic E-state index is 0. The van der Waals surface area contributed by atoms with Crippen LogP contribution < -0.4 is 18.9 Å². The van der Waals surface area contributed by atoms with Crippen LogP contribution in [0.3, 0.4) is 0 Å². The molecule has 4 heteroatoms. The molecule has 0 spiro atoms. The van der Waals surface area contributed by atoms with Crippen molar-refractivity contribution in [2.24, 2.45) is 0 Å². The molecule has 0 saturated carbocycles. The third kappa shape index (κ3) is 4.75. The maximum atomic E-state index is 4.12. The van der Waals surface area contributed by atoms with Gasteiger partial charge in [0.15, 0.2) is 0 Å². The zero-order chi connectivity index (χ0) is 15.0. The standard InChI is InChI=1S/C15H36NSi2.Li/c1-12-13-16(17(8,9)14(2,3)4)18(10,11)15(5,6)7;/h1,12-13H2,2-11H3;/q-1;+1. The third-order valence-electron chi connectivity index (χ3n) is 5.40. The molecule has 0 radical (unpaired) electrons. The van der Waals surface area contributed by atoms with E-state index in [1.54, 1.807) is 0 Å². The molecule has 0 N–H and O–H groups in total. The first-order chi connectivity index (χ1) is 7.69. The van der Waals surface area contributed by atoms with Crippen molar-refractivity contribution in [1.29, 1.82) is 0 Å². The van der Waals surface area contributed by atoms with Gasteiger partial charge in [0.1, 0.15) is 16.5 Å². The molecule has 0 aromatic rings. The summed E-state index contributed by atoms with van der Waals surface area (Å²) < 4.78 is 2.94. The Hall–Kier alpha value is 0.991. The van der Waals surface area contributed by atoms with Crippen molar-refractivity contribution >= 4 is 16.5 Å². The summed E-state index contributed by atoms with van der Waals surface area (Å²) >= 11 is 0. The van der Waals surface area contributed by atoms with Crippen molar-refractivity contribution in [3.8, 4) is 0 Å². The van der Waals surface area contributed by atoms with E-state index in [9.17, 15) is 0 Å². The van der Waals surface area contributed by atoms with E-state index in [1.165, 1.54) is 6.54 Å². The van der Waals surface area contributed by atoms with Crippen LogP contribution in [0.1, 0.15) is 48.0 Å². The first-order valence-electron chi connectivity index (χ1n) is 7.26. The van der Waals surface area contributed by atoms with Gasteiger partial charge >= 0.3 is 18.9 Å². The van der Waals surface area contributed by atoms with Crippen LogP contribution in [-0.4, -0.2) is 27.2 Å². The molecular formula is C15H36LiNSi2. The van der Waals surface area contributed by atoms with Gasteiger partial charge < -0.3 is 11.2 Å². The Bertz CT molecular complexity index is 249. The normalized spacial score (nSPS) is 14.5. The largest absolute Gasteiger partial charge is 1.00 e. The molecule has 1 nitrogen and oxygen atoms in total. The predicted octanol–water partition coefficient (Wildman–Crippen LogP) is 2.53. The second-order valence-corrected chi connectivity index (χ2v) is 19.4. The molecule has 0 aliphatic rings. The summed E-state index contributed by atoms with van der Waals surface area (Å²) in [6.07, 6.45) is 1.03. The summed E-state index contributed by atoms with van der Waals surface area (Å²) in [4.78, 5) is 0. The maximum Gasteiger partial charge on any atom is 1.00 e. The number of rotatable bonds is 4. The van der Waals surface area contributed by atoms with E-state index >= 15 is 0 Å². The van der Waals surface area contributed by atoms with Crippen LogP contribution in [0.15, 0.2) is 0 Å². The van der Waals surface area contributed by atoms with E-state index in [4.69, 9.17) is 0 Å². The van der Waals surface area contributed by atoms with Crippen LogP contribution >= 0.6 is 0 Å². The van der Waals surface area contributed by atoms with Crippen molar-refractivity contribution in [3.05, 3.63) is 6.92 Å². The molecular weight excluding hydrogens is 257 g/mol. The Morgan fingerprint density at radius 3 is 1.21 bits per heavy atom. The monoisotopic (exact) mass is 293 g/mol. The Labute approximate surface area is 137 Å². The first kappa shape index (κ1) is 22.3. The van der Waals surface area contributed by atoms with Gasteiger partial charge in [-0.1, -0.05) is 67.7 Å². The summed E-state index contributed by atoms with van der Waals surface area (Å²) in [5.41, 5.74) is 0. The minimum atomic E-state index is -1.45. The van der Waals surface area contributed by atoms with Gasteiger partial charge in [0.05, 0.1) is 0 Å². The Kier molecular flexibility index (Phi) is 8.01. The average Bonchev–Trinajstić information content (AvgIpc) is 2.09. The van der Waals surface area contributed by atoms with E-state index in [2.05, 4.69) is 78.9 Å². The molecule has 0 saturated heterocycles. The van der Waals surface area contributed by atoms with Crippen LogP contribution in [0.2, 0.25) is 36.3 Å². The average molecular weight is 294 g/mol. The molecule has 110 valence electrons. The van der Waals surface area contributed by atoms with E-state index in [0.717, 1.165) is 6.42 Å². The van der Waals surface area contributed by atoms with Gasteiger partial charge in [-0.15, -0.1) is 0 Å². The summed E-state index contributed by atoms with van der Waals surface area (Å²) in [7, 11) is -2.89. The molecule has 19 heavy (non-hydrogen) atoms. The van der Waals surface area contributed by atoms with Gasteiger partial charge in [-0.05, 0) is 16.6 Å². The van der Waals surface area contributed by atoms with Gasteiger partial charge in [0, 0.05) is 0 Å². The second-order valence-electron chi connectivity index (χ2n) is 8.62. The summed E-state index contributed by atoms with van der Waals surface area (Å²) in [6.45, 7) is 30.0. The van der Waals surface area contributed by atoms with Crippen molar-refractivity contribution in [1.82, 2.24) is 4.23 Å². The fraction of sp³-hybridized carbons (Fsp3) is 0.933. The molecule has 0 heterocycles. The van der Waals surface area contributed by atoms with Gasteiger partial charge in [-0.3, -0.25) is 0 Å². The predicted molar refractivity (Wildman–Crippen MR) is 91.1 cm³/mol. The molecule has 0 rings (SSSR count). The van der Waals surface area contributed by atoms with Gasteiger partial charge in [-0.2, -0.15) is 6.42 Å². The van der Waals surface area contributed by atoms with Crippen molar-refractivity contribution in [3.63, 3.8) is 0 Å². The van der Waals surface area contributed by atoms with E-state index < -0.39 is 16.5 Å². The summed E-state index contributed by atoms with van der Waals surface area (Å²) in [6, 6.07) is 0. The minimum Gasteiger partial charge on any atom is -0.347 e. The molecule has 0 unspecified atom stereocenters. The third-order valence-corrected chi connectivity index (χ3v) is 19.2. The molecule has 0 fully saturated rings. The molecule has 0 atom stereocenters. The molecule has 0 aliphatic heterocycles. The number of nitrogens with zero attached hydrogens (tertiary/aromatic N) is 1. The molecule has 0 amide bonds. The Morgan fingerprint density at radius 2 is 1.05 bits per heavy atom. The Balaban J connectivity index is 0. The van der Waals surface area contributed by atoms with E-state index in [0.29, 0.717) is 10.1 Å². The molecule has 0 aromatic heterocycles. The smallest absolute Gasteiger partial charge is 0.347 e. The van der Waals surface area contributed by atoms with Crippen LogP contribution in [0, 0.1) is 6.92 Å². The quantitative estimate of drug-likeness (QED) is 0.569. The van der Waals surface area contributed by atoms with Crippen LogP contribution in [0.25, 0.3) is 0 Å². The molecule has 0 aromatic carbocycles. The van der Waals surface area contributed by atoms with Gasteiger partial charge in [0.25, 0.3) is 0 Å². The molecule has 0 bridgehead atoms. The summed E-state index contributed by atoms with van der Waals surface area (Å²) in [5, 5.41) is 0.829. The topological polar surface area (TPSA) is 3.24 Å². The molecule has 0 aliphatic carbocycles. The summed E-state index contributed by atoms with van der Waals surface area (Å²) in [5.74, 6) is 0. The Morgan fingerprint density at radius 1 is 0.789 bits per heavy atom. The SMILES string of the molecule is [CH2-]CCN([Si](C)(C)C(C)(C)C)[Si](C)(C)C(C)(C)C.[Li+]. The fourth-order valence-corrected chi connectivity index (χ4v) is 12.9. The van der Waals surface area contributed by atoms with Crippen LogP contribution in [-0.2, 0) is 0 Å². The van der Waals surface area contributed by atoms with Crippen molar-refractivity contribution in [2.75, 3.05) is 6.54 Å². The first-order valence-corrected chi connectivity index (χ1v) is 13.2.